The van der Waals surface area contributed by atoms with Gasteiger partial charge in [0.2, 0.25) is 0 Å². The largest absolute Gasteiger partial charge is 0.370 e. The summed E-state index contributed by atoms with van der Waals surface area (Å²) in [6.07, 6.45) is 3.77. The number of anilines is 1. The van der Waals surface area contributed by atoms with Gasteiger partial charge in [-0.05, 0) is 28.1 Å². The maximum atomic E-state index is 5.71. The fraction of sp³-hybridized carbons (Fsp3) is 0.583. The quantitative estimate of drug-likeness (QED) is 0.745. The molecule has 1 aromatic heterocycles. The number of hydrogen-bond donors (Lipinski definition) is 0. The molecule has 5 heteroatoms. The van der Waals surface area contributed by atoms with Crippen LogP contribution >= 0.6 is 15.9 Å². The molecule has 0 amide bonds. The van der Waals surface area contributed by atoms with E-state index < -0.39 is 0 Å². The van der Waals surface area contributed by atoms with E-state index in [1.165, 1.54) is 5.69 Å². The number of piperidine rings is 1. The minimum absolute atomic E-state index is 0.292. The highest BCUT2D eigenvalue weighted by molar-refractivity contribution is 9.10. The Hall–Kier alpha value is -0.650. The number of nitrogens with zero attached hydrogens (tertiary/aromatic N) is 2. The first-order valence-corrected chi connectivity index (χ1v) is 6.71. The highest BCUT2D eigenvalue weighted by Crippen LogP contribution is 2.33. The topological polar surface area (TPSA) is 34.6 Å². The van der Waals surface area contributed by atoms with Gasteiger partial charge in [0.15, 0.2) is 5.79 Å². The minimum atomic E-state index is -0.292. The van der Waals surface area contributed by atoms with Gasteiger partial charge in [0.25, 0.3) is 0 Å². The summed E-state index contributed by atoms with van der Waals surface area (Å²) in [7, 11) is 0. The lowest BCUT2D eigenvalue weighted by Gasteiger charge is -2.38. The summed E-state index contributed by atoms with van der Waals surface area (Å²) in [5.74, 6) is -0.292. The molecule has 2 fully saturated rings. The molecule has 2 aliphatic rings. The standard InChI is InChI=1S/C12H15BrN2O2/c13-11-2-1-10(9-14-11)15-5-3-12(4-6-15)16-7-8-17-12/h1-2,9H,3-8H2. The molecule has 0 aliphatic carbocycles. The van der Waals surface area contributed by atoms with Crippen LogP contribution < -0.4 is 4.90 Å². The van der Waals surface area contributed by atoms with Gasteiger partial charge in [0, 0.05) is 25.9 Å². The van der Waals surface area contributed by atoms with Crippen molar-refractivity contribution in [1.29, 1.82) is 0 Å². The Balaban J connectivity index is 1.66. The van der Waals surface area contributed by atoms with Gasteiger partial charge in [0.1, 0.15) is 4.60 Å². The predicted molar refractivity (Wildman–Crippen MR) is 68.0 cm³/mol. The number of pyridine rings is 1. The van der Waals surface area contributed by atoms with E-state index in [4.69, 9.17) is 9.47 Å². The molecule has 0 radical (unpaired) electrons. The summed E-state index contributed by atoms with van der Waals surface area (Å²) >= 11 is 3.35. The average Bonchev–Trinajstić information content (AvgIpc) is 2.80. The second kappa shape index (κ2) is 4.55. The van der Waals surface area contributed by atoms with Crippen molar-refractivity contribution in [1.82, 2.24) is 4.98 Å². The average molecular weight is 299 g/mol. The fourth-order valence-electron chi connectivity index (χ4n) is 2.45. The van der Waals surface area contributed by atoms with Crippen LogP contribution in [0.5, 0.6) is 0 Å². The van der Waals surface area contributed by atoms with Gasteiger partial charge in [-0.1, -0.05) is 0 Å². The van der Waals surface area contributed by atoms with Gasteiger partial charge in [-0.25, -0.2) is 4.98 Å². The number of ether oxygens (including phenoxy) is 2. The summed E-state index contributed by atoms with van der Waals surface area (Å²) < 4.78 is 12.3. The molecule has 0 aromatic carbocycles. The highest BCUT2D eigenvalue weighted by atomic mass is 79.9. The molecule has 2 saturated heterocycles. The van der Waals surface area contributed by atoms with E-state index in [-0.39, 0.29) is 5.79 Å². The van der Waals surface area contributed by atoms with E-state index >= 15 is 0 Å². The number of hydrogen-bond acceptors (Lipinski definition) is 4. The van der Waals surface area contributed by atoms with E-state index in [1.54, 1.807) is 0 Å². The van der Waals surface area contributed by atoms with Crippen LogP contribution in [0.15, 0.2) is 22.9 Å². The zero-order valence-corrected chi connectivity index (χ0v) is 11.1. The zero-order chi connectivity index (χ0) is 11.7. The van der Waals surface area contributed by atoms with E-state index in [9.17, 15) is 0 Å². The van der Waals surface area contributed by atoms with Gasteiger partial charge >= 0.3 is 0 Å². The van der Waals surface area contributed by atoms with Gasteiger partial charge < -0.3 is 14.4 Å². The summed E-state index contributed by atoms with van der Waals surface area (Å²) in [4.78, 5) is 6.58. The number of rotatable bonds is 1. The molecule has 1 spiro atoms. The van der Waals surface area contributed by atoms with Gasteiger partial charge in [-0.2, -0.15) is 0 Å². The molecule has 0 bridgehead atoms. The van der Waals surface area contributed by atoms with Crippen LogP contribution in [0.3, 0.4) is 0 Å². The number of aromatic nitrogens is 1. The third kappa shape index (κ3) is 2.32. The van der Waals surface area contributed by atoms with Crippen molar-refractivity contribution >= 4 is 21.6 Å². The molecule has 2 aliphatic heterocycles. The molecule has 0 N–H and O–H groups in total. The molecule has 1 aromatic rings. The van der Waals surface area contributed by atoms with Crippen LogP contribution in [-0.4, -0.2) is 37.1 Å². The van der Waals surface area contributed by atoms with E-state index in [0.717, 1.165) is 43.7 Å². The Kier molecular flexibility index (Phi) is 3.06. The molecule has 0 atom stereocenters. The normalized spacial score (nSPS) is 23.2. The molecule has 0 saturated carbocycles. The molecule has 4 nitrogen and oxygen atoms in total. The van der Waals surface area contributed by atoms with Crippen molar-refractivity contribution < 1.29 is 9.47 Å². The summed E-state index contributed by atoms with van der Waals surface area (Å²) in [5, 5.41) is 0. The second-order valence-electron chi connectivity index (χ2n) is 4.43. The molecular formula is C12H15BrN2O2. The Bertz CT molecular complexity index is 380. The minimum Gasteiger partial charge on any atom is -0.370 e. The van der Waals surface area contributed by atoms with Crippen molar-refractivity contribution in [2.45, 2.75) is 18.6 Å². The van der Waals surface area contributed by atoms with Crippen molar-refractivity contribution in [2.75, 3.05) is 31.2 Å². The highest BCUT2D eigenvalue weighted by Gasteiger charge is 2.39. The first-order valence-electron chi connectivity index (χ1n) is 5.92. The van der Waals surface area contributed by atoms with Gasteiger partial charge in [-0.15, -0.1) is 0 Å². The van der Waals surface area contributed by atoms with Crippen LogP contribution in [0.1, 0.15) is 12.8 Å². The summed E-state index contributed by atoms with van der Waals surface area (Å²) in [5.41, 5.74) is 1.17. The fourth-order valence-corrected chi connectivity index (χ4v) is 2.68. The van der Waals surface area contributed by atoms with Crippen LogP contribution in [0.2, 0.25) is 0 Å². The summed E-state index contributed by atoms with van der Waals surface area (Å²) in [6, 6.07) is 4.06. The van der Waals surface area contributed by atoms with Crippen LogP contribution in [0, 0.1) is 0 Å². The smallest absolute Gasteiger partial charge is 0.171 e. The van der Waals surface area contributed by atoms with Gasteiger partial charge in [-0.3, -0.25) is 0 Å². The maximum absolute atomic E-state index is 5.71. The monoisotopic (exact) mass is 298 g/mol. The Morgan fingerprint density at radius 1 is 1.18 bits per heavy atom. The molecule has 92 valence electrons. The Labute approximate surface area is 109 Å². The lowest BCUT2D eigenvalue weighted by molar-refractivity contribution is -0.169. The van der Waals surface area contributed by atoms with E-state index in [0.29, 0.717) is 0 Å². The van der Waals surface area contributed by atoms with Gasteiger partial charge in [0.05, 0.1) is 25.1 Å². The molecule has 3 heterocycles. The Morgan fingerprint density at radius 3 is 2.47 bits per heavy atom. The van der Waals surface area contributed by atoms with E-state index in [2.05, 4.69) is 31.9 Å². The Morgan fingerprint density at radius 2 is 1.88 bits per heavy atom. The lowest BCUT2D eigenvalue weighted by atomic mass is 10.0. The lowest BCUT2D eigenvalue weighted by Crippen LogP contribution is -2.45. The second-order valence-corrected chi connectivity index (χ2v) is 5.25. The van der Waals surface area contributed by atoms with Crippen molar-refractivity contribution in [3.8, 4) is 0 Å². The molecule has 3 rings (SSSR count). The molecule has 17 heavy (non-hydrogen) atoms. The zero-order valence-electron chi connectivity index (χ0n) is 9.56. The molecule has 0 unspecified atom stereocenters. The third-order valence-corrected chi connectivity index (χ3v) is 3.88. The SMILES string of the molecule is Brc1ccc(N2CCC3(CC2)OCCO3)cn1. The van der Waals surface area contributed by atoms with Crippen molar-refractivity contribution in [3.05, 3.63) is 22.9 Å². The third-order valence-electron chi connectivity index (χ3n) is 3.42. The van der Waals surface area contributed by atoms with Crippen molar-refractivity contribution in [3.63, 3.8) is 0 Å². The van der Waals surface area contributed by atoms with Crippen LogP contribution in [0.25, 0.3) is 0 Å². The van der Waals surface area contributed by atoms with Crippen LogP contribution in [-0.2, 0) is 9.47 Å². The predicted octanol–water partition coefficient (Wildman–Crippen LogP) is 2.19. The van der Waals surface area contributed by atoms with E-state index in [1.807, 2.05) is 12.3 Å². The van der Waals surface area contributed by atoms with Crippen LogP contribution in [0.4, 0.5) is 5.69 Å². The maximum Gasteiger partial charge on any atom is 0.171 e. The number of halogens is 1. The first kappa shape index (κ1) is 11.4. The molecular weight excluding hydrogens is 284 g/mol. The summed E-state index contributed by atoms with van der Waals surface area (Å²) in [6.45, 7) is 3.40. The first-order chi connectivity index (χ1) is 8.27. The van der Waals surface area contributed by atoms with Crippen molar-refractivity contribution in [2.24, 2.45) is 0 Å².